The highest BCUT2D eigenvalue weighted by molar-refractivity contribution is 5.84. The van der Waals surface area contributed by atoms with Gasteiger partial charge in [0, 0.05) is 26.2 Å². The summed E-state index contributed by atoms with van der Waals surface area (Å²) in [5.74, 6) is 2.13. The lowest BCUT2D eigenvalue weighted by Crippen LogP contribution is -2.50. The van der Waals surface area contributed by atoms with Crippen LogP contribution in [0.15, 0.2) is 24.3 Å². The van der Waals surface area contributed by atoms with Crippen LogP contribution in [0.1, 0.15) is 37.7 Å². The molecular weight excluding hydrogens is 300 g/mol. The summed E-state index contributed by atoms with van der Waals surface area (Å²) in [4.78, 5) is 17.7. The molecule has 1 aliphatic carbocycles. The van der Waals surface area contributed by atoms with E-state index in [4.69, 9.17) is 4.74 Å². The largest absolute Gasteiger partial charge is 0.497 e. The molecule has 2 heterocycles. The van der Waals surface area contributed by atoms with Gasteiger partial charge in [0.25, 0.3) is 0 Å². The van der Waals surface area contributed by atoms with E-state index in [1.807, 2.05) is 12.1 Å². The first-order chi connectivity index (χ1) is 11.7. The van der Waals surface area contributed by atoms with Gasteiger partial charge in [-0.1, -0.05) is 12.1 Å². The Hall–Kier alpha value is -1.55. The van der Waals surface area contributed by atoms with Gasteiger partial charge in [0.2, 0.25) is 5.91 Å². The van der Waals surface area contributed by atoms with Gasteiger partial charge in [0.05, 0.1) is 12.5 Å². The fourth-order valence-electron chi connectivity index (χ4n) is 4.40. The Morgan fingerprint density at radius 1 is 1.17 bits per heavy atom. The van der Waals surface area contributed by atoms with Crippen LogP contribution >= 0.6 is 0 Å². The van der Waals surface area contributed by atoms with Crippen molar-refractivity contribution in [2.75, 3.05) is 33.3 Å². The lowest BCUT2D eigenvalue weighted by molar-refractivity contribution is -0.145. The molecule has 2 aliphatic heterocycles. The normalized spacial score (nSPS) is 27.9. The highest BCUT2D eigenvalue weighted by Gasteiger charge is 2.48. The monoisotopic (exact) mass is 328 g/mol. The van der Waals surface area contributed by atoms with E-state index in [1.54, 1.807) is 7.11 Å². The van der Waals surface area contributed by atoms with Gasteiger partial charge in [-0.15, -0.1) is 0 Å². The molecule has 1 aromatic carbocycles. The summed E-state index contributed by atoms with van der Waals surface area (Å²) in [6.45, 7) is 4.89. The number of likely N-dealkylation sites (tertiary alicyclic amines) is 2. The van der Waals surface area contributed by atoms with Crippen molar-refractivity contribution in [3.05, 3.63) is 29.8 Å². The van der Waals surface area contributed by atoms with Crippen molar-refractivity contribution in [3.8, 4) is 5.75 Å². The number of benzene rings is 1. The topological polar surface area (TPSA) is 32.8 Å². The second-order valence-corrected chi connectivity index (χ2v) is 7.89. The van der Waals surface area contributed by atoms with Gasteiger partial charge in [-0.3, -0.25) is 9.69 Å². The molecule has 3 aliphatic rings. The summed E-state index contributed by atoms with van der Waals surface area (Å²) in [5, 5.41) is 0. The second kappa shape index (κ2) is 6.40. The minimum absolute atomic E-state index is 0.0976. The molecule has 4 rings (SSSR count). The smallest absolute Gasteiger partial charge is 0.230 e. The Morgan fingerprint density at radius 2 is 1.96 bits per heavy atom. The fraction of sp³-hybridized carbons (Fsp3) is 0.650. The zero-order valence-electron chi connectivity index (χ0n) is 14.7. The first-order valence-electron chi connectivity index (χ1n) is 9.33. The molecule has 1 saturated carbocycles. The number of carbonyl (C=O) groups excluding carboxylic acids is 1. The van der Waals surface area contributed by atoms with Crippen LogP contribution in [0.2, 0.25) is 0 Å². The first-order valence-corrected chi connectivity index (χ1v) is 9.33. The van der Waals surface area contributed by atoms with Crippen molar-refractivity contribution in [3.63, 3.8) is 0 Å². The fourth-order valence-corrected chi connectivity index (χ4v) is 4.40. The summed E-state index contributed by atoms with van der Waals surface area (Å²) in [6.07, 6.45) is 5.92. The van der Waals surface area contributed by atoms with E-state index in [2.05, 4.69) is 21.9 Å². The average molecular weight is 328 g/mol. The van der Waals surface area contributed by atoms with Gasteiger partial charge in [-0.2, -0.15) is 0 Å². The summed E-state index contributed by atoms with van der Waals surface area (Å²) in [5.41, 5.74) is 1.20. The molecule has 0 bridgehead atoms. The lowest BCUT2D eigenvalue weighted by Gasteiger charge is -2.39. The van der Waals surface area contributed by atoms with E-state index < -0.39 is 0 Å². The van der Waals surface area contributed by atoms with Crippen molar-refractivity contribution in [1.82, 2.24) is 9.80 Å². The number of nitrogens with zero attached hydrogens (tertiary/aromatic N) is 2. The van der Waals surface area contributed by atoms with Crippen LogP contribution in [0.25, 0.3) is 0 Å². The number of piperidine rings is 1. The van der Waals surface area contributed by atoms with Gasteiger partial charge >= 0.3 is 0 Å². The van der Waals surface area contributed by atoms with Crippen LogP contribution in [0, 0.1) is 11.3 Å². The Kier molecular flexibility index (Phi) is 4.25. The van der Waals surface area contributed by atoms with Crippen LogP contribution in [0.4, 0.5) is 0 Å². The Balaban J connectivity index is 1.39. The third kappa shape index (κ3) is 3.16. The lowest BCUT2D eigenvalue weighted by atomic mass is 9.78. The van der Waals surface area contributed by atoms with E-state index in [-0.39, 0.29) is 5.41 Å². The van der Waals surface area contributed by atoms with E-state index in [0.717, 1.165) is 57.2 Å². The SMILES string of the molecule is COc1ccc(CN2CCC3(CCCN(CC4CC4)C3=O)C2)cc1. The number of carbonyl (C=O) groups is 1. The molecule has 1 spiro atoms. The summed E-state index contributed by atoms with van der Waals surface area (Å²) in [7, 11) is 1.70. The maximum atomic E-state index is 13.1. The quantitative estimate of drug-likeness (QED) is 0.833. The van der Waals surface area contributed by atoms with Crippen LogP contribution in [-0.4, -0.2) is 49.0 Å². The summed E-state index contributed by atoms with van der Waals surface area (Å²) < 4.78 is 5.23. The molecule has 4 nitrogen and oxygen atoms in total. The third-order valence-electron chi connectivity index (χ3n) is 6.00. The molecule has 24 heavy (non-hydrogen) atoms. The predicted molar refractivity (Wildman–Crippen MR) is 93.9 cm³/mol. The van der Waals surface area contributed by atoms with Crippen molar-refractivity contribution in [1.29, 1.82) is 0 Å². The molecule has 0 radical (unpaired) electrons. The minimum Gasteiger partial charge on any atom is -0.497 e. The molecule has 1 aromatic rings. The zero-order valence-corrected chi connectivity index (χ0v) is 14.7. The molecule has 1 atom stereocenters. The van der Waals surface area contributed by atoms with Crippen molar-refractivity contribution in [2.24, 2.45) is 11.3 Å². The predicted octanol–water partition coefficient (Wildman–Crippen LogP) is 2.92. The molecule has 130 valence electrons. The van der Waals surface area contributed by atoms with E-state index in [1.165, 1.54) is 24.8 Å². The molecule has 0 N–H and O–H groups in total. The second-order valence-electron chi connectivity index (χ2n) is 7.89. The van der Waals surface area contributed by atoms with E-state index >= 15 is 0 Å². The van der Waals surface area contributed by atoms with Gasteiger partial charge in [-0.05, 0) is 62.3 Å². The Bertz CT molecular complexity index is 596. The zero-order chi connectivity index (χ0) is 16.6. The number of hydrogen-bond acceptors (Lipinski definition) is 3. The van der Waals surface area contributed by atoms with Crippen molar-refractivity contribution in [2.45, 2.75) is 38.6 Å². The average Bonchev–Trinajstić information content (AvgIpc) is 3.33. The van der Waals surface area contributed by atoms with Gasteiger partial charge in [-0.25, -0.2) is 0 Å². The highest BCUT2D eigenvalue weighted by Crippen LogP contribution is 2.42. The highest BCUT2D eigenvalue weighted by atomic mass is 16.5. The maximum absolute atomic E-state index is 13.1. The van der Waals surface area contributed by atoms with E-state index in [0.29, 0.717) is 5.91 Å². The summed E-state index contributed by atoms with van der Waals surface area (Å²) >= 11 is 0. The van der Waals surface area contributed by atoms with Crippen LogP contribution in [0.3, 0.4) is 0 Å². The number of hydrogen-bond donors (Lipinski definition) is 0. The van der Waals surface area contributed by atoms with Crippen LogP contribution in [-0.2, 0) is 11.3 Å². The number of methoxy groups -OCH3 is 1. The minimum atomic E-state index is -0.0976. The third-order valence-corrected chi connectivity index (χ3v) is 6.00. The molecule has 0 aromatic heterocycles. The molecule has 2 saturated heterocycles. The van der Waals surface area contributed by atoms with Gasteiger partial charge in [0.1, 0.15) is 5.75 Å². The molecular formula is C20H28N2O2. The molecule has 1 amide bonds. The van der Waals surface area contributed by atoms with Crippen LogP contribution < -0.4 is 4.74 Å². The standard InChI is InChI=1S/C20H28N2O2/c1-24-18-7-5-16(6-8-18)13-21-12-10-20(15-21)9-2-11-22(19(20)23)14-17-3-4-17/h5-8,17H,2-4,9-15H2,1H3. The molecule has 3 fully saturated rings. The molecule has 4 heteroatoms. The first kappa shape index (κ1) is 15.9. The number of amides is 1. The number of rotatable bonds is 5. The number of ether oxygens (including phenoxy) is 1. The maximum Gasteiger partial charge on any atom is 0.230 e. The van der Waals surface area contributed by atoms with E-state index in [9.17, 15) is 4.79 Å². The van der Waals surface area contributed by atoms with Crippen molar-refractivity contribution < 1.29 is 9.53 Å². The van der Waals surface area contributed by atoms with Crippen LogP contribution in [0.5, 0.6) is 5.75 Å². The van der Waals surface area contributed by atoms with Gasteiger partial charge < -0.3 is 9.64 Å². The molecule has 1 unspecified atom stereocenters. The van der Waals surface area contributed by atoms with Crippen molar-refractivity contribution >= 4 is 5.91 Å². The Labute approximate surface area is 144 Å². The Morgan fingerprint density at radius 3 is 2.67 bits per heavy atom. The van der Waals surface area contributed by atoms with Gasteiger partial charge in [0.15, 0.2) is 0 Å². The summed E-state index contributed by atoms with van der Waals surface area (Å²) in [6, 6.07) is 8.30.